The van der Waals surface area contributed by atoms with Gasteiger partial charge in [0, 0.05) is 18.9 Å². The maximum Gasteiger partial charge on any atom is 0.319 e. The van der Waals surface area contributed by atoms with Crippen molar-refractivity contribution < 1.29 is 36.4 Å². The molecule has 0 bridgehead atoms. The third-order valence-electron chi connectivity index (χ3n) is 5.14. The number of rotatable bonds is 10. The number of halogens is 2. The molecule has 35 heavy (non-hydrogen) atoms. The van der Waals surface area contributed by atoms with Gasteiger partial charge in [-0.15, -0.1) is 0 Å². The number of hydrogen-bond donors (Lipinski definition) is 4. The number of anilines is 1. The van der Waals surface area contributed by atoms with Crippen LogP contribution in [0.2, 0.25) is 0 Å². The van der Waals surface area contributed by atoms with E-state index in [1.54, 1.807) is 6.26 Å². The minimum absolute atomic E-state index is 0.0250. The zero-order chi connectivity index (χ0) is 26.3. The molecule has 0 saturated carbocycles. The van der Waals surface area contributed by atoms with E-state index in [0.717, 1.165) is 18.4 Å². The quantitative estimate of drug-likeness (QED) is 0.322. The number of carbonyl (C=O) groups excluding carboxylic acids is 4. The molecule has 1 heterocycles. The Morgan fingerprint density at radius 2 is 1.94 bits per heavy atom. The van der Waals surface area contributed by atoms with Crippen molar-refractivity contribution in [1.82, 2.24) is 15.5 Å². The maximum absolute atomic E-state index is 13.8. The van der Waals surface area contributed by atoms with E-state index in [0.29, 0.717) is 6.07 Å². The average Bonchev–Trinajstić information content (AvgIpc) is 3.16. The Bertz CT molecular complexity index is 1090. The Morgan fingerprint density at radius 3 is 2.51 bits per heavy atom. The molecule has 5 amide bonds. The van der Waals surface area contributed by atoms with Gasteiger partial charge in [-0.3, -0.25) is 14.4 Å². The number of hydrogen-bond acceptors (Lipinski definition) is 7. The van der Waals surface area contributed by atoms with E-state index in [2.05, 4.69) is 16.0 Å². The second-order valence-corrected chi connectivity index (χ2v) is 11.2. The first-order valence-corrected chi connectivity index (χ1v) is 13.8. The van der Waals surface area contributed by atoms with Crippen molar-refractivity contribution >= 4 is 51.0 Å². The van der Waals surface area contributed by atoms with E-state index >= 15 is 0 Å². The van der Waals surface area contributed by atoms with Crippen molar-refractivity contribution in [3.05, 3.63) is 29.8 Å². The number of benzene rings is 1. The minimum atomic E-state index is -3.42. The van der Waals surface area contributed by atoms with Crippen molar-refractivity contribution in [2.45, 2.75) is 31.0 Å². The summed E-state index contributed by atoms with van der Waals surface area (Å²) in [5.74, 6) is -4.18. The zero-order valence-electron chi connectivity index (χ0n) is 19.0. The highest BCUT2D eigenvalue weighted by molar-refractivity contribution is 7.99. The molecule has 15 heteroatoms. The highest BCUT2D eigenvalue weighted by atomic mass is 32.2. The van der Waals surface area contributed by atoms with Gasteiger partial charge >= 0.3 is 6.03 Å². The Labute approximate surface area is 205 Å². The second kappa shape index (κ2) is 12.2. The molecule has 1 aromatic carbocycles. The van der Waals surface area contributed by atoms with Crippen LogP contribution in [-0.4, -0.2) is 85.8 Å². The molecule has 1 saturated heterocycles. The van der Waals surface area contributed by atoms with Crippen LogP contribution in [-0.2, 0) is 24.2 Å². The number of amides is 5. The summed E-state index contributed by atoms with van der Waals surface area (Å²) in [5, 5.41) is 7.17. The van der Waals surface area contributed by atoms with E-state index in [1.807, 2.05) is 0 Å². The first-order valence-electron chi connectivity index (χ1n) is 10.4. The van der Waals surface area contributed by atoms with E-state index in [-0.39, 0.29) is 36.6 Å². The van der Waals surface area contributed by atoms with Crippen LogP contribution < -0.4 is 21.7 Å². The normalized spacial score (nSPS) is 18.6. The lowest BCUT2D eigenvalue weighted by molar-refractivity contribution is -0.137. The molecule has 2 rings (SSSR count). The molecule has 1 aliphatic heterocycles. The van der Waals surface area contributed by atoms with Crippen molar-refractivity contribution in [2.24, 2.45) is 5.73 Å². The van der Waals surface area contributed by atoms with E-state index in [1.165, 1.54) is 16.7 Å². The van der Waals surface area contributed by atoms with Gasteiger partial charge in [0.2, 0.25) is 17.7 Å². The molecule has 1 aromatic rings. The molecule has 3 unspecified atom stereocenters. The topological polar surface area (TPSA) is 168 Å². The van der Waals surface area contributed by atoms with Crippen LogP contribution in [0.4, 0.5) is 19.3 Å². The molecule has 3 atom stereocenters. The predicted molar refractivity (Wildman–Crippen MR) is 126 cm³/mol. The van der Waals surface area contributed by atoms with Crippen LogP contribution in [0.1, 0.15) is 12.8 Å². The first-order chi connectivity index (χ1) is 16.3. The SMILES string of the molecule is CSCC(=O)N1CC(NC(=O)Nc2ccc(F)cc2F)CC1C(=O)NC(CCS(C)(=O)=O)C(N)=O. The van der Waals surface area contributed by atoms with Gasteiger partial charge in [0.15, 0.2) is 0 Å². The van der Waals surface area contributed by atoms with Gasteiger partial charge in [-0.25, -0.2) is 22.0 Å². The molecule has 11 nitrogen and oxygen atoms in total. The van der Waals surface area contributed by atoms with E-state index in [4.69, 9.17) is 5.73 Å². The number of nitrogens with two attached hydrogens (primary N) is 1. The molecular formula is C20H27F2N5O6S2. The molecule has 0 spiro atoms. The highest BCUT2D eigenvalue weighted by Gasteiger charge is 2.41. The van der Waals surface area contributed by atoms with Gasteiger partial charge in [-0.2, -0.15) is 11.8 Å². The van der Waals surface area contributed by atoms with Crippen molar-refractivity contribution in [3.63, 3.8) is 0 Å². The van der Waals surface area contributed by atoms with Gasteiger partial charge in [0.1, 0.15) is 33.6 Å². The Morgan fingerprint density at radius 1 is 1.26 bits per heavy atom. The largest absolute Gasteiger partial charge is 0.368 e. The predicted octanol–water partition coefficient (Wildman–Crippen LogP) is -0.176. The number of carbonyl (C=O) groups is 4. The summed E-state index contributed by atoms with van der Waals surface area (Å²) < 4.78 is 49.7. The lowest BCUT2D eigenvalue weighted by atomic mass is 10.1. The van der Waals surface area contributed by atoms with Crippen LogP contribution >= 0.6 is 11.8 Å². The molecule has 0 aliphatic carbocycles. The highest BCUT2D eigenvalue weighted by Crippen LogP contribution is 2.21. The minimum Gasteiger partial charge on any atom is -0.368 e. The molecule has 1 aliphatic rings. The fourth-order valence-electron chi connectivity index (χ4n) is 3.49. The van der Waals surface area contributed by atoms with Gasteiger partial charge in [-0.05, 0) is 31.2 Å². The number of primary amides is 1. The zero-order valence-corrected chi connectivity index (χ0v) is 20.7. The van der Waals surface area contributed by atoms with Crippen LogP contribution in [0.5, 0.6) is 0 Å². The lowest BCUT2D eigenvalue weighted by Crippen LogP contribution is -2.52. The summed E-state index contributed by atoms with van der Waals surface area (Å²) in [6.45, 7) is -0.0403. The van der Waals surface area contributed by atoms with Crippen LogP contribution in [0.25, 0.3) is 0 Å². The molecule has 0 aromatic heterocycles. The molecule has 194 valence electrons. The maximum atomic E-state index is 13.8. The summed E-state index contributed by atoms with van der Waals surface area (Å²) in [7, 11) is -3.42. The van der Waals surface area contributed by atoms with Gasteiger partial charge < -0.3 is 26.6 Å². The van der Waals surface area contributed by atoms with E-state index < -0.39 is 63.3 Å². The summed E-state index contributed by atoms with van der Waals surface area (Å²) in [5.41, 5.74) is 5.03. The summed E-state index contributed by atoms with van der Waals surface area (Å²) in [6, 6.07) is -1.26. The Hall–Kier alpha value is -2.94. The van der Waals surface area contributed by atoms with Crippen molar-refractivity contribution in [1.29, 1.82) is 0 Å². The Balaban J connectivity index is 2.10. The van der Waals surface area contributed by atoms with Crippen LogP contribution in [0.3, 0.4) is 0 Å². The molecule has 1 fully saturated rings. The number of urea groups is 1. The van der Waals surface area contributed by atoms with Crippen molar-refractivity contribution in [3.8, 4) is 0 Å². The number of nitrogens with one attached hydrogen (secondary N) is 3. The van der Waals surface area contributed by atoms with Crippen LogP contribution in [0, 0.1) is 11.6 Å². The lowest BCUT2D eigenvalue weighted by Gasteiger charge is -2.25. The van der Waals surface area contributed by atoms with Gasteiger partial charge in [0.25, 0.3) is 0 Å². The standard InChI is InChI=1S/C20H27F2N5O6S2/c1-34-10-17(28)27-9-12(24-20(31)26-14-4-3-11(21)7-13(14)22)8-16(27)19(30)25-15(18(23)29)5-6-35(2,32)33/h3-4,7,12,15-16H,5-6,8-10H2,1-2H3,(H2,23,29)(H,25,30)(H2,24,26,31). The fourth-order valence-corrected chi connectivity index (χ4v) is 4.57. The Kier molecular flexibility index (Phi) is 9.82. The van der Waals surface area contributed by atoms with Gasteiger partial charge in [-0.1, -0.05) is 0 Å². The molecule has 0 radical (unpaired) electrons. The van der Waals surface area contributed by atoms with Gasteiger partial charge in [0.05, 0.1) is 23.2 Å². The average molecular weight is 536 g/mol. The summed E-state index contributed by atoms with van der Waals surface area (Å²) >= 11 is 1.22. The molecule has 5 N–H and O–H groups in total. The summed E-state index contributed by atoms with van der Waals surface area (Å²) in [4.78, 5) is 50.8. The molecular weight excluding hydrogens is 508 g/mol. The second-order valence-electron chi connectivity index (χ2n) is 8.03. The third-order valence-corrected chi connectivity index (χ3v) is 6.66. The smallest absolute Gasteiger partial charge is 0.319 e. The summed E-state index contributed by atoms with van der Waals surface area (Å²) in [6.07, 6.45) is 2.41. The third kappa shape index (κ3) is 8.65. The van der Waals surface area contributed by atoms with Crippen molar-refractivity contribution in [2.75, 3.05) is 35.9 Å². The number of thioether (sulfide) groups is 1. The van der Waals surface area contributed by atoms with Crippen LogP contribution in [0.15, 0.2) is 18.2 Å². The van der Waals surface area contributed by atoms with E-state index in [9.17, 15) is 36.4 Å². The number of sulfone groups is 1. The fraction of sp³-hybridized carbons (Fsp3) is 0.500. The monoisotopic (exact) mass is 535 g/mol. The number of nitrogens with zero attached hydrogens (tertiary/aromatic N) is 1. The first kappa shape index (κ1) is 28.3. The number of likely N-dealkylation sites (tertiary alicyclic amines) is 1.